The summed E-state index contributed by atoms with van der Waals surface area (Å²) in [7, 11) is 4.88. The van der Waals surface area contributed by atoms with E-state index in [1.807, 2.05) is 18.2 Å². The van der Waals surface area contributed by atoms with E-state index >= 15 is 0 Å². The zero-order valence-electron chi connectivity index (χ0n) is 15.5. The Morgan fingerprint density at radius 2 is 1.46 bits per heavy atom. The molecule has 26 heavy (non-hydrogen) atoms. The maximum absolute atomic E-state index is 5.47. The third kappa shape index (κ3) is 4.02. The van der Waals surface area contributed by atoms with Crippen molar-refractivity contribution >= 4 is 11.9 Å². The summed E-state index contributed by atoms with van der Waals surface area (Å²) in [5.74, 6) is 2.04. The second-order valence-electron chi connectivity index (χ2n) is 5.97. The predicted octanol–water partition coefficient (Wildman–Crippen LogP) is 2.87. The van der Waals surface area contributed by atoms with Gasteiger partial charge in [0.15, 0.2) is 0 Å². The minimum Gasteiger partial charge on any atom is -0.496 e. The van der Waals surface area contributed by atoms with Crippen LogP contribution in [0.4, 0.5) is 5.69 Å². The molecule has 1 heterocycles. The van der Waals surface area contributed by atoms with Gasteiger partial charge >= 0.3 is 0 Å². The first-order chi connectivity index (χ1) is 12.7. The zero-order chi connectivity index (χ0) is 18.4. The van der Waals surface area contributed by atoms with E-state index in [-0.39, 0.29) is 0 Å². The van der Waals surface area contributed by atoms with Crippen molar-refractivity contribution in [2.45, 2.75) is 0 Å². The summed E-state index contributed by atoms with van der Waals surface area (Å²) in [6, 6.07) is 14.1. The minimum absolute atomic E-state index is 0.674. The standard InChI is InChI=1S/C20H25N3O3/c1-24-17-13-19(25-2)18(20(14-17)26-3)15-21-23-11-9-22(10-12-23)16-7-5-4-6-8-16/h4-8,13-15H,9-12H2,1-3H3/b21-15+. The maximum Gasteiger partial charge on any atom is 0.135 e. The van der Waals surface area contributed by atoms with Crippen LogP contribution >= 0.6 is 0 Å². The van der Waals surface area contributed by atoms with E-state index in [1.165, 1.54) is 5.69 Å². The maximum atomic E-state index is 5.47. The monoisotopic (exact) mass is 355 g/mol. The van der Waals surface area contributed by atoms with Gasteiger partial charge < -0.3 is 19.1 Å². The Bertz CT molecular complexity index is 716. The molecule has 2 aromatic carbocycles. The highest BCUT2D eigenvalue weighted by atomic mass is 16.5. The number of nitrogens with zero attached hydrogens (tertiary/aromatic N) is 3. The number of anilines is 1. The molecule has 0 saturated carbocycles. The van der Waals surface area contributed by atoms with Crippen molar-refractivity contribution in [3.8, 4) is 17.2 Å². The Kier molecular flexibility index (Phi) is 5.84. The fourth-order valence-electron chi connectivity index (χ4n) is 3.01. The second-order valence-corrected chi connectivity index (χ2v) is 5.97. The van der Waals surface area contributed by atoms with E-state index in [0.29, 0.717) is 17.2 Å². The normalized spacial score (nSPS) is 14.6. The molecule has 0 spiro atoms. The summed E-state index contributed by atoms with van der Waals surface area (Å²) in [5, 5.41) is 6.71. The molecule has 6 heteroatoms. The van der Waals surface area contributed by atoms with Gasteiger partial charge in [-0.05, 0) is 12.1 Å². The molecule has 2 aromatic rings. The fraction of sp³-hybridized carbons (Fsp3) is 0.350. The molecule has 1 aliphatic heterocycles. The molecule has 0 aliphatic carbocycles. The molecule has 1 saturated heterocycles. The number of hydrogen-bond acceptors (Lipinski definition) is 6. The van der Waals surface area contributed by atoms with Gasteiger partial charge in [0.05, 0.1) is 46.2 Å². The average molecular weight is 355 g/mol. The van der Waals surface area contributed by atoms with Crippen molar-refractivity contribution in [2.24, 2.45) is 5.10 Å². The lowest BCUT2D eigenvalue weighted by molar-refractivity contribution is 0.272. The molecule has 0 unspecified atom stereocenters. The summed E-state index contributed by atoms with van der Waals surface area (Å²) in [4.78, 5) is 2.38. The molecule has 0 N–H and O–H groups in total. The number of piperazine rings is 1. The predicted molar refractivity (Wildman–Crippen MR) is 104 cm³/mol. The topological polar surface area (TPSA) is 46.5 Å². The third-order valence-electron chi connectivity index (χ3n) is 4.48. The van der Waals surface area contributed by atoms with Crippen molar-refractivity contribution in [2.75, 3.05) is 52.4 Å². The summed E-state index contributed by atoms with van der Waals surface area (Å²) < 4.78 is 16.2. The average Bonchev–Trinajstić information content (AvgIpc) is 2.72. The Hall–Kier alpha value is -2.89. The van der Waals surface area contributed by atoms with Gasteiger partial charge in [-0.3, -0.25) is 5.01 Å². The quantitative estimate of drug-likeness (QED) is 0.746. The molecule has 0 atom stereocenters. The third-order valence-corrected chi connectivity index (χ3v) is 4.48. The molecule has 1 fully saturated rings. The van der Waals surface area contributed by atoms with E-state index in [0.717, 1.165) is 31.7 Å². The van der Waals surface area contributed by atoms with Gasteiger partial charge in [-0.2, -0.15) is 5.10 Å². The van der Waals surface area contributed by atoms with Crippen LogP contribution in [0, 0.1) is 0 Å². The second kappa shape index (κ2) is 8.47. The van der Waals surface area contributed by atoms with Gasteiger partial charge in [-0.15, -0.1) is 0 Å². The van der Waals surface area contributed by atoms with Gasteiger partial charge in [-0.1, -0.05) is 18.2 Å². The number of hydrazone groups is 1. The van der Waals surface area contributed by atoms with Crippen LogP contribution in [0.2, 0.25) is 0 Å². The van der Waals surface area contributed by atoms with E-state index in [1.54, 1.807) is 27.5 Å². The lowest BCUT2D eigenvalue weighted by atomic mass is 10.2. The van der Waals surface area contributed by atoms with E-state index < -0.39 is 0 Å². The van der Waals surface area contributed by atoms with Gasteiger partial charge in [0.1, 0.15) is 17.2 Å². The van der Waals surface area contributed by atoms with Crippen LogP contribution in [0.5, 0.6) is 17.2 Å². The Morgan fingerprint density at radius 3 is 2.00 bits per heavy atom. The SMILES string of the molecule is COc1cc(OC)c(/C=N/N2CCN(c3ccccc3)CC2)c(OC)c1. The van der Waals surface area contributed by atoms with Crippen molar-refractivity contribution in [3.63, 3.8) is 0 Å². The molecular formula is C20H25N3O3. The lowest BCUT2D eigenvalue weighted by Gasteiger charge is -2.34. The highest BCUT2D eigenvalue weighted by Gasteiger charge is 2.16. The molecule has 0 bridgehead atoms. The van der Waals surface area contributed by atoms with Crippen LogP contribution in [0.15, 0.2) is 47.6 Å². The fourth-order valence-corrected chi connectivity index (χ4v) is 3.01. The zero-order valence-corrected chi connectivity index (χ0v) is 15.5. The molecular weight excluding hydrogens is 330 g/mol. The van der Waals surface area contributed by atoms with Gasteiger partial charge in [-0.25, -0.2) is 0 Å². The van der Waals surface area contributed by atoms with E-state index in [9.17, 15) is 0 Å². The smallest absolute Gasteiger partial charge is 0.135 e. The molecule has 138 valence electrons. The van der Waals surface area contributed by atoms with Crippen LogP contribution < -0.4 is 19.1 Å². The van der Waals surface area contributed by atoms with Crippen LogP contribution in [0.1, 0.15) is 5.56 Å². The first kappa shape index (κ1) is 17.9. The van der Waals surface area contributed by atoms with Crippen LogP contribution in [0.3, 0.4) is 0 Å². The Labute approximate surface area is 154 Å². The molecule has 6 nitrogen and oxygen atoms in total. The number of hydrogen-bond donors (Lipinski definition) is 0. The highest BCUT2D eigenvalue weighted by Crippen LogP contribution is 2.32. The van der Waals surface area contributed by atoms with Crippen LogP contribution in [0.25, 0.3) is 0 Å². The van der Waals surface area contributed by atoms with Crippen LogP contribution in [-0.4, -0.2) is 58.7 Å². The Balaban J connectivity index is 1.69. The molecule has 0 aromatic heterocycles. The van der Waals surface area contributed by atoms with Gasteiger partial charge in [0.25, 0.3) is 0 Å². The van der Waals surface area contributed by atoms with Crippen molar-refractivity contribution in [1.82, 2.24) is 5.01 Å². The summed E-state index contributed by atoms with van der Waals surface area (Å²) >= 11 is 0. The van der Waals surface area contributed by atoms with Crippen molar-refractivity contribution in [3.05, 3.63) is 48.0 Å². The Morgan fingerprint density at radius 1 is 0.846 bits per heavy atom. The molecule has 1 aliphatic rings. The number of rotatable bonds is 6. The van der Waals surface area contributed by atoms with Gasteiger partial charge in [0.2, 0.25) is 0 Å². The van der Waals surface area contributed by atoms with Crippen LogP contribution in [-0.2, 0) is 0 Å². The summed E-state index contributed by atoms with van der Waals surface area (Å²) in [5.41, 5.74) is 2.07. The summed E-state index contributed by atoms with van der Waals surface area (Å²) in [6.45, 7) is 3.62. The highest BCUT2D eigenvalue weighted by molar-refractivity contribution is 5.88. The van der Waals surface area contributed by atoms with Crippen molar-refractivity contribution < 1.29 is 14.2 Å². The summed E-state index contributed by atoms with van der Waals surface area (Å²) in [6.07, 6.45) is 1.80. The van der Waals surface area contributed by atoms with Crippen molar-refractivity contribution in [1.29, 1.82) is 0 Å². The van der Waals surface area contributed by atoms with E-state index in [2.05, 4.69) is 39.3 Å². The largest absolute Gasteiger partial charge is 0.496 e. The number of ether oxygens (including phenoxy) is 3. The lowest BCUT2D eigenvalue weighted by Crippen LogP contribution is -2.44. The number of para-hydroxylation sites is 1. The minimum atomic E-state index is 0.674. The molecule has 3 rings (SSSR count). The number of benzene rings is 2. The number of methoxy groups -OCH3 is 3. The molecule has 0 radical (unpaired) electrons. The van der Waals surface area contributed by atoms with E-state index in [4.69, 9.17) is 14.2 Å². The molecule has 0 amide bonds. The van der Waals surface area contributed by atoms with Gasteiger partial charge in [0, 0.05) is 30.9 Å². The first-order valence-electron chi connectivity index (χ1n) is 8.64. The first-order valence-corrected chi connectivity index (χ1v) is 8.64.